The fourth-order valence-electron chi connectivity index (χ4n) is 2.92. The van der Waals surface area contributed by atoms with Gasteiger partial charge in [0.15, 0.2) is 5.96 Å². The lowest BCUT2D eigenvalue weighted by molar-refractivity contribution is 0.133. The maximum absolute atomic E-state index is 10.5. The summed E-state index contributed by atoms with van der Waals surface area (Å²) in [4.78, 5) is 4.67. The average molecular weight is 541 g/mol. The van der Waals surface area contributed by atoms with E-state index in [9.17, 15) is 5.11 Å². The van der Waals surface area contributed by atoms with Gasteiger partial charge in [0.25, 0.3) is 0 Å². The van der Waals surface area contributed by atoms with Crippen LogP contribution in [0.5, 0.6) is 5.75 Å². The number of halogens is 1. The first-order chi connectivity index (χ1) is 14.5. The minimum atomic E-state index is -0.646. The molecule has 0 aliphatic carbocycles. The van der Waals surface area contributed by atoms with Crippen molar-refractivity contribution < 1.29 is 14.6 Å². The number of hydrogen-bond donors (Lipinski definition) is 3. The number of nitrogens with one attached hydrogen (secondary N) is 2. The molecule has 3 N–H and O–H groups in total. The first-order valence-corrected chi connectivity index (χ1v) is 10.6. The second-order valence-electron chi connectivity index (χ2n) is 7.23. The molecule has 0 aliphatic heterocycles. The molecule has 0 fully saturated rings. The average Bonchev–Trinajstić information content (AvgIpc) is 2.74. The number of rotatable bonds is 11. The molecule has 31 heavy (non-hydrogen) atoms. The molecule has 0 saturated heterocycles. The van der Waals surface area contributed by atoms with Crippen LogP contribution in [0.4, 0.5) is 0 Å². The molecule has 1 unspecified atom stereocenters. The molecule has 2 aromatic rings. The van der Waals surface area contributed by atoms with Crippen LogP contribution in [0.15, 0.2) is 53.5 Å². The maximum atomic E-state index is 10.5. The monoisotopic (exact) mass is 541 g/mol. The normalized spacial score (nSPS) is 12.3. The number of nitrogens with zero attached hydrogens (tertiary/aromatic N) is 1. The van der Waals surface area contributed by atoms with Gasteiger partial charge >= 0.3 is 0 Å². The van der Waals surface area contributed by atoms with E-state index in [0.717, 1.165) is 29.0 Å². The lowest BCUT2D eigenvalue weighted by Crippen LogP contribution is -2.39. The third-order valence-corrected chi connectivity index (χ3v) is 4.43. The first-order valence-electron chi connectivity index (χ1n) is 10.6. The molecule has 172 valence electrons. The van der Waals surface area contributed by atoms with E-state index >= 15 is 0 Å². The third-order valence-electron chi connectivity index (χ3n) is 4.43. The molecule has 0 heterocycles. The van der Waals surface area contributed by atoms with Gasteiger partial charge in [0.05, 0.1) is 25.4 Å². The predicted octanol–water partition coefficient (Wildman–Crippen LogP) is 4.42. The summed E-state index contributed by atoms with van der Waals surface area (Å²) in [6.07, 6.45) is -0.521. The van der Waals surface area contributed by atoms with Crippen LogP contribution < -0.4 is 15.4 Å². The van der Waals surface area contributed by atoms with Gasteiger partial charge in [-0.05, 0) is 56.5 Å². The summed E-state index contributed by atoms with van der Waals surface area (Å²) in [5, 5.41) is 17.0. The first kappa shape index (κ1) is 27.2. The Morgan fingerprint density at radius 2 is 1.68 bits per heavy atom. The number of guanidine groups is 1. The Morgan fingerprint density at radius 1 is 1.00 bits per heavy atom. The molecule has 0 saturated carbocycles. The molecular weight excluding hydrogens is 505 g/mol. The van der Waals surface area contributed by atoms with Crippen molar-refractivity contribution in [2.24, 2.45) is 4.99 Å². The van der Waals surface area contributed by atoms with Gasteiger partial charge in [0.1, 0.15) is 5.75 Å². The lowest BCUT2D eigenvalue weighted by atomic mass is 10.1. The fourth-order valence-corrected chi connectivity index (χ4v) is 2.92. The molecule has 2 aromatic carbocycles. The van der Waals surface area contributed by atoms with Gasteiger partial charge in [-0.3, -0.25) is 0 Å². The summed E-state index contributed by atoms with van der Waals surface area (Å²) in [6, 6.07) is 15.7. The summed E-state index contributed by atoms with van der Waals surface area (Å²) >= 11 is 0. The molecular formula is C24H36IN3O3. The molecule has 0 aromatic heterocycles. The standard InChI is InChI=1S/C24H35N3O3.HI/c1-5-25-24(26-15-20-9-7-8-10-21(20)17-29-6-2)27-16-23(28)19-11-13-22(14-12-19)30-18(3)4;/h7-14,18,23,28H,5-6,15-17H2,1-4H3,(H2,25,26,27);1H. The van der Waals surface area contributed by atoms with Crippen LogP contribution in [0, 0.1) is 0 Å². The van der Waals surface area contributed by atoms with E-state index in [1.165, 1.54) is 0 Å². The minimum absolute atomic E-state index is 0. The number of benzene rings is 2. The van der Waals surface area contributed by atoms with E-state index in [4.69, 9.17) is 9.47 Å². The van der Waals surface area contributed by atoms with Gasteiger partial charge in [-0.1, -0.05) is 36.4 Å². The molecule has 0 bridgehead atoms. The van der Waals surface area contributed by atoms with Gasteiger partial charge in [-0.25, -0.2) is 4.99 Å². The summed E-state index contributed by atoms with van der Waals surface area (Å²) < 4.78 is 11.2. The topological polar surface area (TPSA) is 75.1 Å². The van der Waals surface area contributed by atoms with Crippen molar-refractivity contribution in [2.75, 3.05) is 19.7 Å². The Labute approximate surface area is 203 Å². The van der Waals surface area contributed by atoms with Crippen molar-refractivity contribution in [1.82, 2.24) is 10.6 Å². The van der Waals surface area contributed by atoms with Crippen molar-refractivity contribution in [3.05, 3.63) is 65.2 Å². The molecule has 0 spiro atoms. The Morgan fingerprint density at radius 3 is 2.29 bits per heavy atom. The number of aliphatic hydroxyl groups is 1. The van der Waals surface area contributed by atoms with Crippen LogP contribution in [0.3, 0.4) is 0 Å². The quantitative estimate of drug-likeness (QED) is 0.223. The third kappa shape index (κ3) is 9.88. The van der Waals surface area contributed by atoms with E-state index < -0.39 is 6.10 Å². The predicted molar refractivity (Wildman–Crippen MR) is 137 cm³/mol. The van der Waals surface area contributed by atoms with E-state index in [0.29, 0.717) is 32.3 Å². The summed E-state index contributed by atoms with van der Waals surface area (Å²) in [5.74, 6) is 1.47. The van der Waals surface area contributed by atoms with Crippen molar-refractivity contribution in [3.8, 4) is 5.75 Å². The molecule has 0 amide bonds. The largest absolute Gasteiger partial charge is 0.491 e. The maximum Gasteiger partial charge on any atom is 0.191 e. The van der Waals surface area contributed by atoms with Crippen molar-refractivity contribution in [3.63, 3.8) is 0 Å². The van der Waals surface area contributed by atoms with E-state index in [2.05, 4.69) is 27.8 Å². The van der Waals surface area contributed by atoms with E-state index in [-0.39, 0.29) is 30.1 Å². The Hall–Kier alpha value is -1.84. The van der Waals surface area contributed by atoms with Crippen molar-refractivity contribution in [1.29, 1.82) is 0 Å². The zero-order valence-corrected chi connectivity index (χ0v) is 21.3. The van der Waals surface area contributed by atoms with Crippen LogP contribution in [-0.2, 0) is 17.9 Å². The number of hydrogen-bond acceptors (Lipinski definition) is 4. The summed E-state index contributed by atoms with van der Waals surface area (Å²) in [7, 11) is 0. The molecule has 0 aliphatic rings. The van der Waals surface area contributed by atoms with Crippen LogP contribution in [0.25, 0.3) is 0 Å². The highest BCUT2D eigenvalue weighted by atomic mass is 127. The van der Waals surface area contributed by atoms with Crippen molar-refractivity contribution in [2.45, 2.75) is 53.1 Å². The van der Waals surface area contributed by atoms with Gasteiger partial charge < -0.3 is 25.2 Å². The van der Waals surface area contributed by atoms with Gasteiger partial charge in [0.2, 0.25) is 0 Å². The Balaban J connectivity index is 0.00000480. The zero-order valence-electron chi connectivity index (χ0n) is 18.9. The summed E-state index contributed by atoms with van der Waals surface area (Å²) in [6.45, 7) is 10.9. The zero-order chi connectivity index (χ0) is 21.8. The summed E-state index contributed by atoms with van der Waals surface area (Å²) in [5.41, 5.74) is 3.10. The van der Waals surface area contributed by atoms with E-state index in [1.807, 2.05) is 64.1 Å². The van der Waals surface area contributed by atoms with E-state index in [1.54, 1.807) is 0 Å². The number of aliphatic imine (C=N–C) groups is 1. The van der Waals surface area contributed by atoms with Crippen LogP contribution in [-0.4, -0.2) is 36.9 Å². The van der Waals surface area contributed by atoms with Gasteiger partial charge in [-0.2, -0.15) is 0 Å². The van der Waals surface area contributed by atoms with Crippen LogP contribution >= 0.6 is 24.0 Å². The SMILES string of the molecule is CCNC(=NCc1ccccc1COCC)NCC(O)c1ccc(OC(C)C)cc1.I. The van der Waals surface area contributed by atoms with Gasteiger partial charge in [0, 0.05) is 19.7 Å². The molecule has 0 radical (unpaired) electrons. The molecule has 2 rings (SSSR count). The second-order valence-corrected chi connectivity index (χ2v) is 7.23. The van der Waals surface area contributed by atoms with Gasteiger partial charge in [-0.15, -0.1) is 24.0 Å². The van der Waals surface area contributed by atoms with Crippen LogP contribution in [0.1, 0.15) is 50.5 Å². The molecule has 6 nitrogen and oxygen atoms in total. The Kier molecular flexibility index (Phi) is 13.2. The lowest BCUT2D eigenvalue weighted by Gasteiger charge is -2.17. The number of aliphatic hydroxyl groups excluding tert-OH is 1. The smallest absolute Gasteiger partial charge is 0.191 e. The fraction of sp³-hybridized carbons (Fsp3) is 0.458. The van der Waals surface area contributed by atoms with Crippen LogP contribution in [0.2, 0.25) is 0 Å². The highest BCUT2D eigenvalue weighted by Crippen LogP contribution is 2.18. The highest BCUT2D eigenvalue weighted by molar-refractivity contribution is 14.0. The Bertz CT molecular complexity index is 782. The molecule has 1 atom stereocenters. The second kappa shape index (κ2) is 15.0. The molecule has 7 heteroatoms. The number of ether oxygens (including phenoxy) is 2. The highest BCUT2D eigenvalue weighted by Gasteiger charge is 2.10. The minimum Gasteiger partial charge on any atom is -0.491 e. The van der Waals surface area contributed by atoms with Crippen molar-refractivity contribution >= 4 is 29.9 Å².